The van der Waals surface area contributed by atoms with Gasteiger partial charge in [-0.1, -0.05) is 24.3 Å². The normalized spacial score (nSPS) is 10.4. The van der Waals surface area contributed by atoms with Crippen LogP contribution < -0.4 is 0 Å². The highest BCUT2D eigenvalue weighted by atomic mass is 15.1. The summed E-state index contributed by atoms with van der Waals surface area (Å²) < 4.78 is 0. The van der Waals surface area contributed by atoms with Crippen LogP contribution in [0, 0.1) is 11.3 Å². The highest BCUT2D eigenvalue weighted by molar-refractivity contribution is 5.29. The van der Waals surface area contributed by atoms with E-state index >= 15 is 0 Å². The van der Waals surface area contributed by atoms with Crippen molar-refractivity contribution in [3.63, 3.8) is 0 Å². The molecule has 1 aromatic heterocycles. The number of hydrogen-bond acceptors (Lipinski definition) is 3. The van der Waals surface area contributed by atoms with Crippen LogP contribution in [0.5, 0.6) is 0 Å². The molecule has 0 unspecified atom stereocenters. The van der Waals surface area contributed by atoms with Gasteiger partial charge in [0.05, 0.1) is 12.5 Å². The van der Waals surface area contributed by atoms with Crippen LogP contribution in [0.1, 0.15) is 16.7 Å². The third kappa shape index (κ3) is 4.18. The second-order valence-electron chi connectivity index (χ2n) is 4.95. The molecule has 0 radical (unpaired) electrons. The molecule has 0 saturated carbocycles. The van der Waals surface area contributed by atoms with Gasteiger partial charge in [-0.25, -0.2) is 0 Å². The molecule has 2 rings (SSSR count). The third-order valence-corrected chi connectivity index (χ3v) is 3.36. The number of aromatic nitrogens is 1. The molecule has 0 aliphatic carbocycles. The number of hydrogen-bond donors (Lipinski definition) is 0. The Labute approximate surface area is 120 Å². The molecule has 0 bridgehead atoms. The number of rotatable bonds is 6. The summed E-state index contributed by atoms with van der Waals surface area (Å²) in [5.74, 6) is 0. The first-order chi connectivity index (χ1) is 9.79. The van der Waals surface area contributed by atoms with E-state index in [1.807, 2.05) is 30.6 Å². The van der Waals surface area contributed by atoms with Gasteiger partial charge in [0.2, 0.25) is 0 Å². The summed E-state index contributed by atoms with van der Waals surface area (Å²) in [5, 5.41) is 8.86. The zero-order valence-corrected chi connectivity index (χ0v) is 11.8. The van der Waals surface area contributed by atoms with Gasteiger partial charge in [-0.15, -0.1) is 0 Å². The maximum atomic E-state index is 8.86. The average Bonchev–Trinajstić information content (AvgIpc) is 2.49. The first-order valence-electron chi connectivity index (χ1n) is 6.81. The number of pyridine rings is 1. The van der Waals surface area contributed by atoms with Crippen LogP contribution >= 0.6 is 0 Å². The minimum Gasteiger partial charge on any atom is -0.302 e. The molecule has 0 amide bonds. The van der Waals surface area contributed by atoms with E-state index in [4.69, 9.17) is 5.26 Å². The van der Waals surface area contributed by atoms with Crippen molar-refractivity contribution >= 4 is 0 Å². The van der Waals surface area contributed by atoms with Crippen LogP contribution in [-0.4, -0.2) is 23.5 Å². The topological polar surface area (TPSA) is 39.9 Å². The highest BCUT2D eigenvalue weighted by Crippen LogP contribution is 2.12. The van der Waals surface area contributed by atoms with Crippen molar-refractivity contribution < 1.29 is 0 Å². The zero-order valence-electron chi connectivity index (χ0n) is 11.8. The Morgan fingerprint density at radius 1 is 1.10 bits per heavy atom. The van der Waals surface area contributed by atoms with Gasteiger partial charge in [0.1, 0.15) is 0 Å². The Bertz CT molecular complexity index is 572. The molecule has 3 nitrogen and oxygen atoms in total. The maximum absolute atomic E-state index is 8.86. The number of nitrogens with zero attached hydrogens (tertiary/aromatic N) is 3. The quantitative estimate of drug-likeness (QED) is 0.806. The number of nitriles is 1. The summed E-state index contributed by atoms with van der Waals surface area (Å²) >= 11 is 0. The van der Waals surface area contributed by atoms with Gasteiger partial charge in [-0.3, -0.25) is 4.98 Å². The summed E-state index contributed by atoms with van der Waals surface area (Å²) in [6.45, 7) is 1.87. The van der Waals surface area contributed by atoms with E-state index in [2.05, 4.69) is 41.2 Å². The van der Waals surface area contributed by atoms with Gasteiger partial charge in [-0.2, -0.15) is 5.26 Å². The smallest absolute Gasteiger partial charge is 0.0669 e. The lowest BCUT2D eigenvalue weighted by Gasteiger charge is -2.18. The van der Waals surface area contributed by atoms with Crippen LogP contribution in [0.3, 0.4) is 0 Å². The van der Waals surface area contributed by atoms with Gasteiger partial charge >= 0.3 is 0 Å². The molecule has 2 aromatic rings. The number of benzene rings is 1. The largest absolute Gasteiger partial charge is 0.302 e. The molecule has 0 aliphatic heterocycles. The Kier molecular flexibility index (Phi) is 5.28. The summed E-state index contributed by atoms with van der Waals surface area (Å²) in [4.78, 5) is 6.32. The van der Waals surface area contributed by atoms with Crippen molar-refractivity contribution in [2.24, 2.45) is 0 Å². The molecule has 3 heteroatoms. The summed E-state index contributed by atoms with van der Waals surface area (Å²) in [5.41, 5.74) is 3.68. The second kappa shape index (κ2) is 7.42. The molecule has 1 heterocycles. The van der Waals surface area contributed by atoms with Crippen LogP contribution in [0.25, 0.3) is 0 Å². The van der Waals surface area contributed by atoms with E-state index in [0.717, 1.165) is 25.1 Å². The first-order valence-corrected chi connectivity index (χ1v) is 6.81. The Hall–Kier alpha value is -2.18. The summed E-state index contributed by atoms with van der Waals surface area (Å²) in [7, 11) is 2.12. The lowest BCUT2D eigenvalue weighted by Crippen LogP contribution is -2.21. The van der Waals surface area contributed by atoms with Crippen LogP contribution in [0.2, 0.25) is 0 Å². The summed E-state index contributed by atoms with van der Waals surface area (Å²) in [6.07, 6.45) is 5.16. The Morgan fingerprint density at radius 2 is 1.80 bits per heavy atom. The van der Waals surface area contributed by atoms with Gasteiger partial charge in [0.15, 0.2) is 0 Å². The van der Waals surface area contributed by atoms with Crippen LogP contribution in [-0.2, 0) is 19.4 Å². The van der Waals surface area contributed by atoms with Gasteiger partial charge in [0, 0.05) is 25.5 Å². The third-order valence-electron chi connectivity index (χ3n) is 3.36. The molecule has 0 fully saturated rings. The lowest BCUT2D eigenvalue weighted by molar-refractivity contribution is 0.330. The van der Waals surface area contributed by atoms with Crippen molar-refractivity contribution in [2.45, 2.75) is 19.4 Å². The first kappa shape index (κ1) is 14.2. The van der Waals surface area contributed by atoms with Crippen molar-refractivity contribution in [1.82, 2.24) is 9.88 Å². The minimum absolute atomic E-state index is 0.481. The van der Waals surface area contributed by atoms with E-state index in [1.54, 1.807) is 0 Å². The van der Waals surface area contributed by atoms with Gasteiger partial charge < -0.3 is 4.90 Å². The molecule has 102 valence electrons. The molecule has 0 saturated heterocycles. The fraction of sp³-hybridized carbons (Fsp3) is 0.294. The molecule has 1 aromatic carbocycles. The van der Waals surface area contributed by atoms with Crippen molar-refractivity contribution in [3.8, 4) is 6.07 Å². The van der Waals surface area contributed by atoms with Crippen LogP contribution in [0.15, 0.2) is 48.8 Å². The summed E-state index contributed by atoms with van der Waals surface area (Å²) in [6, 6.07) is 14.5. The van der Waals surface area contributed by atoms with E-state index in [-0.39, 0.29) is 0 Å². The fourth-order valence-electron chi connectivity index (χ4n) is 2.21. The molecule has 0 atom stereocenters. The average molecular weight is 265 g/mol. The van der Waals surface area contributed by atoms with Crippen molar-refractivity contribution in [3.05, 3.63) is 65.5 Å². The zero-order chi connectivity index (χ0) is 14.2. The van der Waals surface area contributed by atoms with Crippen molar-refractivity contribution in [1.29, 1.82) is 5.26 Å². The maximum Gasteiger partial charge on any atom is 0.0669 e. The Morgan fingerprint density at radius 3 is 2.50 bits per heavy atom. The van der Waals surface area contributed by atoms with E-state index < -0.39 is 0 Å². The van der Waals surface area contributed by atoms with E-state index in [0.29, 0.717) is 6.42 Å². The molecule has 0 N–H and O–H groups in total. The van der Waals surface area contributed by atoms with Crippen molar-refractivity contribution in [2.75, 3.05) is 13.6 Å². The fourth-order valence-corrected chi connectivity index (χ4v) is 2.21. The molecular weight excluding hydrogens is 246 g/mol. The van der Waals surface area contributed by atoms with E-state index in [9.17, 15) is 0 Å². The molecule has 0 aliphatic rings. The second-order valence-corrected chi connectivity index (χ2v) is 4.95. The monoisotopic (exact) mass is 265 g/mol. The number of likely N-dealkylation sites (N-methyl/N-ethyl adjacent to an activating group) is 1. The molecular formula is C17H19N3. The van der Waals surface area contributed by atoms with E-state index in [1.165, 1.54) is 11.1 Å². The molecule has 0 spiro atoms. The Balaban J connectivity index is 1.91. The predicted molar refractivity (Wildman–Crippen MR) is 80.0 cm³/mol. The van der Waals surface area contributed by atoms with Gasteiger partial charge in [-0.05, 0) is 42.3 Å². The molecule has 20 heavy (non-hydrogen) atoms. The van der Waals surface area contributed by atoms with Crippen LogP contribution in [0.4, 0.5) is 0 Å². The lowest BCUT2D eigenvalue weighted by atomic mass is 10.0. The highest BCUT2D eigenvalue weighted by Gasteiger charge is 2.05. The van der Waals surface area contributed by atoms with Gasteiger partial charge in [0.25, 0.3) is 0 Å². The predicted octanol–water partition coefficient (Wildman–Crippen LogP) is 2.82. The minimum atomic E-state index is 0.481. The standard InChI is InChI=1S/C17H19N3/c1-20(13-9-15-7-11-19-12-8-15)14-17-5-3-2-4-16(17)6-10-18/h2-5,7-8,11-12H,6,9,13-14H2,1H3. The SMILES string of the molecule is CN(CCc1ccncc1)Cc1ccccc1CC#N.